The molecule has 3 nitrogen and oxygen atoms in total. The van der Waals surface area contributed by atoms with Crippen molar-refractivity contribution in [2.45, 2.75) is 52.1 Å². The molecule has 1 fully saturated rings. The Morgan fingerprint density at radius 1 is 1.42 bits per heavy atom. The van der Waals surface area contributed by atoms with Gasteiger partial charge in [-0.2, -0.15) is 0 Å². The van der Waals surface area contributed by atoms with Gasteiger partial charge in [0.15, 0.2) is 0 Å². The first-order valence-corrected chi connectivity index (χ1v) is 7.03. The normalized spacial score (nSPS) is 21.5. The van der Waals surface area contributed by atoms with E-state index in [2.05, 4.69) is 43.9 Å². The maximum Gasteiger partial charge on any atom is 0.304 e. The second-order valence-electron chi connectivity index (χ2n) is 5.65. The summed E-state index contributed by atoms with van der Waals surface area (Å²) < 4.78 is 0. The number of hydrogen-bond acceptors (Lipinski definition) is 2. The van der Waals surface area contributed by atoms with E-state index in [1.807, 2.05) is 0 Å². The summed E-state index contributed by atoms with van der Waals surface area (Å²) in [5.74, 6) is -0.691. The number of hydrogen-bond donors (Lipinski definition) is 1. The quantitative estimate of drug-likeness (QED) is 0.904. The summed E-state index contributed by atoms with van der Waals surface area (Å²) in [6.45, 7) is 7.44. The van der Waals surface area contributed by atoms with E-state index in [0.717, 1.165) is 19.4 Å². The average molecular weight is 261 g/mol. The monoisotopic (exact) mass is 261 g/mol. The number of carboxylic acids is 1. The zero-order valence-corrected chi connectivity index (χ0v) is 12.0. The number of aryl methyl sites for hydroxylation is 2. The summed E-state index contributed by atoms with van der Waals surface area (Å²) in [4.78, 5) is 13.3. The Labute approximate surface area is 115 Å². The van der Waals surface area contributed by atoms with Crippen molar-refractivity contribution in [2.24, 2.45) is 0 Å². The van der Waals surface area contributed by atoms with Crippen LogP contribution in [0, 0.1) is 13.8 Å². The molecule has 0 amide bonds. The Balaban J connectivity index is 2.15. The van der Waals surface area contributed by atoms with Gasteiger partial charge in [-0.25, -0.2) is 0 Å². The summed E-state index contributed by atoms with van der Waals surface area (Å²) in [5, 5.41) is 9.00. The van der Waals surface area contributed by atoms with Crippen LogP contribution in [0.25, 0.3) is 0 Å². The first-order valence-electron chi connectivity index (χ1n) is 7.03. The van der Waals surface area contributed by atoms with Gasteiger partial charge in [0.25, 0.3) is 0 Å². The van der Waals surface area contributed by atoms with Crippen molar-refractivity contribution in [3.63, 3.8) is 0 Å². The predicted octanol–water partition coefficient (Wildman–Crippen LogP) is 3.30. The van der Waals surface area contributed by atoms with E-state index in [-0.39, 0.29) is 12.5 Å². The molecule has 2 rings (SSSR count). The van der Waals surface area contributed by atoms with Crippen molar-refractivity contribution < 1.29 is 9.90 Å². The molecule has 0 radical (unpaired) electrons. The second kappa shape index (κ2) is 5.74. The molecule has 1 saturated heterocycles. The van der Waals surface area contributed by atoms with Gasteiger partial charge in [0.2, 0.25) is 0 Å². The van der Waals surface area contributed by atoms with Crippen molar-refractivity contribution in [1.82, 2.24) is 4.90 Å². The van der Waals surface area contributed by atoms with Crippen LogP contribution < -0.4 is 0 Å². The molecule has 0 aromatic heterocycles. The minimum atomic E-state index is -0.691. The molecule has 1 aliphatic heterocycles. The van der Waals surface area contributed by atoms with E-state index in [9.17, 15) is 4.79 Å². The van der Waals surface area contributed by atoms with E-state index in [4.69, 9.17) is 5.11 Å². The van der Waals surface area contributed by atoms with Crippen LogP contribution in [0.5, 0.6) is 0 Å². The molecule has 3 heteroatoms. The lowest BCUT2D eigenvalue weighted by atomic mass is 10.00. The molecule has 1 N–H and O–H groups in total. The highest BCUT2D eigenvalue weighted by Crippen LogP contribution is 2.31. The van der Waals surface area contributed by atoms with E-state index >= 15 is 0 Å². The number of aliphatic carboxylic acids is 1. The maximum absolute atomic E-state index is 10.9. The standard InChI is InChI=1S/C16H23NO2/c1-11-6-7-14(9-12(11)2)13(3)17-8-4-5-15(17)10-16(18)19/h6-7,9,13,15H,4-5,8,10H2,1-3H3,(H,18,19). The van der Waals surface area contributed by atoms with Crippen LogP contribution in [0.1, 0.15) is 48.9 Å². The molecule has 19 heavy (non-hydrogen) atoms. The highest BCUT2D eigenvalue weighted by atomic mass is 16.4. The molecular formula is C16H23NO2. The van der Waals surface area contributed by atoms with Crippen LogP contribution in [0.2, 0.25) is 0 Å². The number of likely N-dealkylation sites (tertiary alicyclic amines) is 1. The molecule has 2 unspecified atom stereocenters. The molecular weight excluding hydrogens is 238 g/mol. The second-order valence-corrected chi connectivity index (χ2v) is 5.65. The molecule has 0 aliphatic carbocycles. The minimum absolute atomic E-state index is 0.189. The van der Waals surface area contributed by atoms with Crippen molar-refractivity contribution >= 4 is 5.97 Å². The third kappa shape index (κ3) is 3.16. The summed E-state index contributed by atoms with van der Waals surface area (Å²) in [6, 6.07) is 7.04. The van der Waals surface area contributed by atoms with Gasteiger partial charge in [-0.1, -0.05) is 18.2 Å². The van der Waals surface area contributed by atoms with Crippen molar-refractivity contribution in [3.05, 3.63) is 34.9 Å². The Morgan fingerprint density at radius 2 is 2.16 bits per heavy atom. The van der Waals surface area contributed by atoms with Gasteiger partial charge in [-0.05, 0) is 56.8 Å². The van der Waals surface area contributed by atoms with E-state index in [1.165, 1.54) is 16.7 Å². The van der Waals surface area contributed by atoms with Gasteiger partial charge in [-0.3, -0.25) is 9.69 Å². The van der Waals surface area contributed by atoms with E-state index < -0.39 is 5.97 Å². The van der Waals surface area contributed by atoms with Gasteiger partial charge in [0.1, 0.15) is 0 Å². The Hall–Kier alpha value is -1.35. The first-order chi connectivity index (χ1) is 8.99. The van der Waals surface area contributed by atoms with E-state index in [0.29, 0.717) is 6.04 Å². The molecule has 1 aromatic carbocycles. The lowest BCUT2D eigenvalue weighted by molar-refractivity contribution is -0.138. The Kier molecular flexibility index (Phi) is 4.25. The summed E-state index contributed by atoms with van der Waals surface area (Å²) in [7, 11) is 0. The molecule has 1 aliphatic rings. The van der Waals surface area contributed by atoms with Gasteiger partial charge >= 0.3 is 5.97 Å². The molecule has 0 bridgehead atoms. The summed E-state index contributed by atoms with van der Waals surface area (Å²) in [5.41, 5.74) is 3.90. The lowest BCUT2D eigenvalue weighted by Crippen LogP contribution is -2.33. The van der Waals surface area contributed by atoms with Gasteiger partial charge in [0.05, 0.1) is 6.42 Å². The maximum atomic E-state index is 10.9. The van der Waals surface area contributed by atoms with Crippen LogP contribution >= 0.6 is 0 Å². The number of carboxylic acid groups (broad SMARTS) is 1. The fourth-order valence-electron chi connectivity index (χ4n) is 3.00. The van der Waals surface area contributed by atoms with Crippen molar-refractivity contribution in [2.75, 3.05) is 6.54 Å². The summed E-state index contributed by atoms with van der Waals surface area (Å²) in [6.07, 6.45) is 2.36. The van der Waals surface area contributed by atoms with Crippen molar-refractivity contribution in [1.29, 1.82) is 0 Å². The minimum Gasteiger partial charge on any atom is -0.481 e. The fraction of sp³-hybridized carbons (Fsp3) is 0.562. The Morgan fingerprint density at radius 3 is 2.79 bits per heavy atom. The van der Waals surface area contributed by atoms with Crippen LogP contribution in [-0.4, -0.2) is 28.6 Å². The zero-order chi connectivity index (χ0) is 14.0. The van der Waals surface area contributed by atoms with Gasteiger partial charge in [0, 0.05) is 12.1 Å². The third-order valence-electron chi connectivity index (χ3n) is 4.34. The zero-order valence-electron chi connectivity index (χ0n) is 12.0. The lowest BCUT2D eigenvalue weighted by Gasteiger charge is -2.30. The Bertz CT molecular complexity index is 470. The number of rotatable bonds is 4. The van der Waals surface area contributed by atoms with Crippen LogP contribution in [0.4, 0.5) is 0 Å². The molecule has 1 heterocycles. The topological polar surface area (TPSA) is 40.5 Å². The highest BCUT2D eigenvalue weighted by Gasteiger charge is 2.30. The van der Waals surface area contributed by atoms with Gasteiger partial charge in [-0.15, -0.1) is 0 Å². The molecule has 2 atom stereocenters. The highest BCUT2D eigenvalue weighted by molar-refractivity contribution is 5.67. The predicted molar refractivity (Wildman–Crippen MR) is 76.3 cm³/mol. The van der Waals surface area contributed by atoms with Crippen LogP contribution in [-0.2, 0) is 4.79 Å². The molecule has 0 spiro atoms. The van der Waals surface area contributed by atoms with Crippen LogP contribution in [0.15, 0.2) is 18.2 Å². The average Bonchev–Trinajstić information content (AvgIpc) is 2.79. The number of benzene rings is 1. The molecule has 104 valence electrons. The largest absolute Gasteiger partial charge is 0.481 e. The van der Waals surface area contributed by atoms with Crippen molar-refractivity contribution in [3.8, 4) is 0 Å². The number of carbonyl (C=O) groups is 1. The fourth-order valence-corrected chi connectivity index (χ4v) is 3.00. The van der Waals surface area contributed by atoms with E-state index in [1.54, 1.807) is 0 Å². The summed E-state index contributed by atoms with van der Waals surface area (Å²) >= 11 is 0. The smallest absolute Gasteiger partial charge is 0.304 e. The van der Waals surface area contributed by atoms with Gasteiger partial charge < -0.3 is 5.11 Å². The SMILES string of the molecule is Cc1ccc(C(C)N2CCCC2CC(=O)O)cc1C. The van der Waals surface area contributed by atoms with Crippen LogP contribution in [0.3, 0.4) is 0 Å². The molecule has 0 saturated carbocycles. The number of nitrogens with zero attached hydrogens (tertiary/aromatic N) is 1. The molecule has 1 aromatic rings. The first kappa shape index (κ1) is 14.1. The third-order valence-corrected chi connectivity index (χ3v) is 4.34.